The Hall–Kier alpha value is -2.90. The van der Waals surface area contributed by atoms with E-state index in [1.165, 1.54) is 0 Å². The molecule has 3 N–H and O–H groups in total. The second-order valence-corrected chi connectivity index (χ2v) is 8.14. The summed E-state index contributed by atoms with van der Waals surface area (Å²) >= 11 is 0. The number of aromatic nitrogens is 1. The maximum absolute atomic E-state index is 12.7. The second-order valence-electron chi connectivity index (χ2n) is 6.43. The van der Waals surface area contributed by atoms with Crippen LogP contribution in [0.1, 0.15) is 5.56 Å². The van der Waals surface area contributed by atoms with Gasteiger partial charge in [-0.05, 0) is 41.8 Å². The number of pyridine rings is 1. The molecular formula is C20H19N3O3S. The molecule has 1 unspecified atom stereocenters. The molecule has 1 atom stereocenters. The summed E-state index contributed by atoms with van der Waals surface area (Å²) in [7, 11) is -3.65. The number of nitrogens with one attached hydrogen (secondary N) is 1. The molecule has 4 rings (SSSR count). The van der Waals surface area contributed by atoms with Crippen LogP contribution in [0.25, 0.3) is 11.1 Å². The molecule has 1 aromatic heterocycles. The van der Waals surface area contributed by atoms with Gasteiger partial charge in [0.25, 0.3) is 0 Å². The first-order valence-corrected chi connectivity index (χ1v) is 10.0. The minimum Gasteiger partial charge on any atom is -0.492 e. The normalized spacial score (nSPS) is 16.4. The summed E-state index contributed by atoms with van der Waals surface area (Å²) in [5, 5.41) is 0. The lowest BCUT2D eigenvalue weighted by atomic mass is 10.0. The van der Waals surface area contributed by atoms with Crippen molar-refractivity contribution in [2.45, 2.75) is 17.4 Å². The van der Waals surface area contributed by atoms with Crippen LogP contribution in [-0.4, -0.2) is 26.1 Å². The summed E-state index contributed by atoms with van der Waals surface area (Å²) in [6, 6.07) is 15.7. The highest BCUT2D eigenvalue weighted by Crippen LogP contribution is 2.27. The molecule has 1 aliphatic heterocycles. The summed E-state index contributed by atoms with van der Waals surface area (Å²) in [6.45, 7) is 0.306. The molecule has 1 aliphatic rings. The molecule has 0 saturated carbocycles. The van der Waals surface area contributed by atoms with Crippen LogP contribution >= 0.6 is 0 Å². The van der Waals surface area contributed by atoms with Crippen molar-refractivity contribution in [1.29, 1.82) is 0 Å². The van der Waals surface area contributed by atoms with Crippen molar-refractivity contribution in [2.24, 2.45) is 0 Å². The number of anilines is 1. The van der Waals surface area contributed by atoms with Gasteiger partial charge in [-0.2, -0.15) is 0 Å². The molecule has 27 heavy (non-hydrogen) atoms. The lowest BCUT2D eigenvalue weighted by Crippen LogP contribution is -2.42. The van der Waals surface area contributed by atoms with Gasteiger partial charge in [-0.1, -0.05) is 30.3 Å². The average Bonchev–Trinajstić information content (AvgIpc) is 2.68. The van der Waals surface area contributed by atoms with Crippen LogP contribution in [0.3, 0.4) is 0 Å². The number of hydrogen-bond donors (Lipinski definition) is 2. The van der Waals surface area contributed by atoms with Crippen LogP contribution in [-0.2, 0) is 16.4 Å². The average molecular weight is 381 g/mol. The maximum atomic E-state index is 12.7. The van der Waals surface area contributed by atoms with Crippen LogP contribution in [0.2, 0.25) is 0 Å². The summed E-state index contributed by atoms with van der Waals surface area (Å²) < 4.78 is 33.8. The third kappa shape index (κ3) is 3.65. The Morgan fingerprint density at radius 2 is 1.85 bits per heavy atom. The smallest absolute Gasteiger partial charge is 0.240 e. The van der Waals surface area contributed by atoms with Gasteiger partial charge in [-0.3, -0.25) is 4.98 Å². The molecule has 2 heterocycles. The van der Waals surface area contributed by atoms with E-state index in [2.05, 4.69) is 9.71 Å². The van der Waals surface area contributed by atoms with E-state index in [-0.39, 0.29) is 10.9 Å². The van der Waals surface area contributed by atoms with Crippen LogP contribution in [0, 0.1) is 0 Å². The van der Waals surface area contributed by atoms with Gasteiger partial charge in [-0.15, -0.1) is 0 Å². The number of para-hydroxylation sites is 1. The van der Waals surface area contributed by atoms with Crippen LogP contribution in [0.4, 0.5) is 5.69 Å². The number of nitrogens with zero attached hydrogens (tertiary/aromatic N) is 1. The largest absolute Gasteiger partial charge is 0.492 e. The summed E-state index contributed by atoms with van der Waals surface area (Å²) in [6.07, 6.45) is 3.87. The molecule has 3 aromatic rings. The van der Waals surface area contributed by atoms with Crippen molar-refractivity contribution < 1.29 is 13.2 Å². The lowest BCUT2D eigenvalue weighted by Gasteiger charge is -2.25. The highest BCUT2D eigenvalue weighted by Gasteiger charge is 2.25. The van der Waals surface area contributed by atoms with Gasteiger partial charge in [0.05, 0.1) is 10.9 Å². The van der Waals surface area contributed by atoms with Gasteiger partial charge in [0, 0.05) is 23.6 Å². The molecular weight excluding hydrogens is 362 g/mol. The zero-order valence-corrected chi connectivity index (χ0v) is 15.3. The van der Waals surface area contributed by atoms with E-state index < -0.39 is 10.0 Å². The molecule has 138 valence electrons. The Morgan fingerprint density at radius 1 is 1.07 bits per heavy atom. The molecule has 0 aliphatic carbocycles. The number of ether oxygens (including phenoxy) is 1. The molecule has 0 amide bonds. The monoisotopic (exact) mass is 381 g/mol. The van der Waals surface area contributed by atoms with Gasteiger partial charge in [0.15, 0.2) is 0 Å². The quantitative estimate of drug-likeness (QED) is 0.724. The van der Waals surface area contributed by atoms with Crippen molar-refractivity contribution in [3.8, 4) is 16.9 Å². The van der Waals surface area contributed by atoms with E-state index in [0.29, 0.717) is 18.7 Å². The van der Waals surface area contributed by atoms with E-state index in [0.717, 1.165) is 22.4 Å². The zero-order chi connectivity index (χ0) is 18.9. The lowest BCUT2D eigenvalue weighted by molar-refractivity contribution is 0.254. The standard InChI is InChI=1S/C20H19N3O3S/c21-19-9-10-22-12-18(19)14-5-7-17(8-6-14)27(24,25)23-16-11-15-3-1-2-4-20(15)26-13-16/h1-10,12,16,23H,11,13H2,(H2,21,22). The minimum atomic E-state index is -3.65. The third-order valence-electron chi connectivity index (χ3n) is 4.53. The summed E-state index contributed by atoms with van der Waals surface area (Å²) in [5.41, 5.74) is 9.13. The fraction of sp³-hybridized carbons (Fsp3) is 0.150. The minimum absolute atomic E-state index is 0.201. The predicted octanol–water partition coefficient (Wildman–Crippen LogP) is 2.61. The van der Waals surface area contributed by atoms with Gasteiger partial charge in [0.1, 0.15) is 12.4 Å². The first kappa shape index (κ1) is 17.5. The Bertz CT molecular complexity index is 1070. The van der Waals surface area contributed by atoms with E-state index in [9.17, 15) is 8.42 Å². The van der Waals surface area contributed by atoms with Crippen LogP contribution in [0.5, 0.6) is 5.75 Å². The highest BCUT2D eigenvalue weighted by molar-refractivity contribution is 7.89. The van der Waals surface area contributed by atoms with Crippen molar-refractivity contribution in [3.05, 3.63) is 72.6 Å². The number of nitrogens with two attached hydrogens (primary N) is 1. The van der Waals surface area contributed by atoms with Crippen molar-refractivity contribution in [3.63, 3.8) is 0 Å². The van der Waals surface area contributed by atoms with Crippen LogP contribution in [0.15, 0.2) is 71.9 Å². The molecule has 2 aromatic carbocycles. The molecule has 0 spiro atoms. The highest BCUT2D eigenvalue weighted by atomic mass is 32.2. The van der Waals surface area contributed by atoms with E-state index in [4.69, 9.17) is 10.5 Å². The van der Waals surface area contributed by atoms with E-state index >= 15 is 0 Å². The van der Waals surface area contributed by atoms with E-state index in [1.54, 1.807) is 42.7 Å². The number of hydrogen-bond acceptors (Lipinski definition) is 5. The first-order valence-electron chi connectivity index (χ1n) is 8.56. The van der Waals surface area contributed by atoms with Crippen molar-refractivity contribution in [2.75, 3.05) is 12.3 Å². The predicted molar refractivity (Wildman–Crippen MR) is 104 cm³/mol. The maximum Gasteiger partial charge on any atom is 0.240 e. The third-order valence-corrected chi connectivity index (χ3v) is 6.07. The first-order chi connectivity index (χ1) is 13.0. The Balaban J connectivity index is 1.52. The Kier molecular flexibility index (Phi) is 4.55. The zero-order valence-electron chi connectivity index (χ0n) is 14.5. The van der Waals surface area contributed by atoms with Gasteiger partial charge in [0.2, 0.25) is 10.0 Å². The molecule has 0 radical (unpaired) electrons. The number of fused-ring (bicyclic) bond motifs is 1. The fourth-order valence-electron chi connectivity index (χ4n) is 3.15. The fourth-order valence-corrected chi connectivity index (χ4v) is 4.37. The SMILES string of the molecule is Nc1ccncc1-c1ccc(S(=O)(=O)NC2COc3ccccc3C2)cc1. The number of rotatable bonds is 4. The number of benzene rings is 2. The summed E-state index contributed by atoms with van der Waals surface area (Å²) in [4.78, 5) is 4.27. The topological polar surface area (TPSA) is 94.3 Å². The Labute approximate surface area is 158 Å². The van der Waals surface area contributed by atoms with Gasteiger partial charge < -0.3 is 10.5 Å². The summed E-state index contributed by atoms with van der Waals surface area (Å²) in [5.74, 6) is 0.811. The molecule has 6 nitrogen and oxygen atoms in total. The number of nitrogen functional groups attached to an aromatic ring is 1. The second kappa shape index (κ2) is 7.02. The molecule has 0 bridgehead atoms. The number of sulfonamides is 1. The molecule has 0 saturated heterocycles. The molecule has 7 heteroatoms. The van der Waals surface area contributed by atoms with Crippen molar-refractivity contribution >= 4 is 15.7 Å². The van der Waals surface area contributed by atoms with Gasteiger partial charge in [-0.25, -0.2) is 13.1 Å². The van der Waals surface area contributed by atoms with E-state index in [1.807, 2.05) is 24.3 Å². The van der Waals surface area contributed by atoms with Crippen molar-refractivity contribution in [1.82, 2.24) is 9.71 Å². The molecule has 0 fully saturated rings. The van der Waals surface area contributed by atoms with Crippen LogP contribution < -0.4 is 15.2 Å². The Morgan fingerprint density at radius 3 is 2.63 bits per heavy atom. The van der Waals surface area contributed by atoms with Gasteiger partial charge >= 0.3 is 0 Å².